The number of hydrazone groups is 1. The lowest BCUT2D eigenvalue weighted by Crippen LogP contribution is -2.27. The molecule has 1 atom stereocenters. The molecule has 1 aliphatic heterocycles. The van der Waals surface area contributed by atoms with Crippen molar-refractivity contribution in [3.8, 4) is 0 Å². The number of benzene rings is 3. The Kier molecular flexibility index (Phi) is 6.70. The fraction of sp³-hybridized carbons (Fsp3) is 0.125. The first-order valence-corrected chi connectivity index (χ1v) is 11.2. The molecular weight excluding hydrogens is 430 g/mol. The molecule has 0 saturated carbocycles. The Labute approximate surface area is 190 Å². The van der Waals surface area contributed by atoms with Crippen LogP contribution < -0.4 is 5.43 Å². The van der Waals surface area contributed by atoms with Gasteiger partial charge < -0.3 is 4.90 Å². The Hall–Kier alpha value is -3.09. The molecule has 2 amide bonds. The number of halogens is 1. The van der Waals surface area contributed by atoms with Gasteiger partial charge in [-0.2, -0.15) is 5.10 Å². The van der Waals surface area contributed by atoms with E-state index in [2.05, 4.69) is 10.5 Å². The average molecular weight is 450 g/mol. The standard InChI is InChI=1S/C24H20ClN3O2S/c25-21-9-5-4-8-20(21)14-26-27-23(30)18-10-12-19(13-11-18)24-28(22(29)16-31-24)15-17-6-2-1-3-7-17/h1-14,24H,15-16H2,(H,27,30)/b26-14-/t24-/m0/s1. The van der Waals surface area contributed by atoms with Crippen molar-refractivity contribution in [3.05, 3.63) is 106 Å². The zero-order chi connectivity index (χ0) is 21.6. The minimum atomic E-state index is -0.314. The fourth-order valence-electron chi connectivity index (χ4n) is 3.29. The van der Waals surface area contributed by atoms with Crippen molar-refractivity contribution in [2.45, 2.75) is 11.9 Å². The molecule has 1 fully saturated rings. The van der Waals surface area contributed by atoms with Gasteiger partial charge in [0.25, 0.3) is 5.91 Å². The first kappa shape index (κ1) is 21.2. The molecular formula is C24H20ClN3O2S. The van der Waals surface area contributed by atoms with Crippen molar-refractivity contribution < 1.29 is 9.59 Å². The van der Waals surface area contributed by atoms with Gasteiger partial charge in [0.1, 0.15) is 5.37 Å². The first-order chi connectivity index (χ1) is 15.1. The number of nitrogens with one attached hydrogen (secondary N) is 1. The van der Waals surface area contributed by atoms with Crippen LogP contribution >= 0.6 is 23.4 Å². The molecule has 0 bridgehead atoms. The second-order valence-electron chi connectivity index (χ2n) is 7.01. The summed E-state index contributed by atoms with van der Waals surface area (Å²) in [6.07, 6.45) is 1.51. The highest BCUT2D eigenvalue weighted by atomic mass is 35.5. The van der Waals surface area contributed by atoms with Crippen LogP contribution in [0.15, 0.2) is 84.0 Å². The lowest BCUT2D eigenvalue weighted by Gasteiger charge is -2.24. The van der Waals surface area contributed by atoms with Crippen LogP contribution in [0.25, 0.3) is 0 Å². The van der Waals surface area contributed by atoms with Crippen molar-refractivity contribution in [3.63, 3.8) is 0 Å². The monoisotopic (exact) mass is 449 g/mol. The van der Waals surface area contributed by atoms with E-state index in [0.29, 0.717) is 22.9 Å². The minimum Gasteiger partial charge on any atom is -0.322 e. The fourth-order valence-corrected chi connectivity index (χ4v) is 4.66. The molecule has 1 aliphatic rings. The van der Waals surface area contributed by atoms with Gasteiger partial charge in [-0.3, -0.25) is 9.59 Å². The van der Waals surface area contributed by atoms with Crippen LogP contribution in [0.2, 0.25) is 5.02 Å². The van der Waals surface area contributed by atoms with Gasteiger partial charge in [-0.1, -0.05) is 72.3 Å². The highest BCUT2D eigenvalue weighted by Gasteiger charge is 2.32. The number of carbonyl (C=O) groups excluding carboxylic acids is 2. The second-order valence-corrected chi connectivity index (χ2v) is 8.49. The van der Waals surface area contributed by atoms with Crippen molar-refractivity contribution in [2.24, 2.45) is 5.10 Å². The van der Waals surface area contributed by atoms with E-state index >= 15 is 0 Å². The molecule has 0 radical (unpaired) electrons. The van der Waals surface area contributed by atoms with Crippen LogP contribution in [0, 0.1) is 0 Å². The number of nitrogens with zero attached hydrogens (tertiary/aromatic N) is 2. The normalized spacial score (nSPS) is 16.1. The summed E-state index contributed by atoms with van der Waals surface area (Å²) >= 11 is 7.67. The van der Waals surface area contributed by atoms with Crippen LogP contribution in [0.3, 0.4) is 0 Å². The highest BCUT2D eigenvalue weighted by molar-refractivity contribution is 8.00. The summed E-state index contributed by atoms with van der Waals surface area (Å²) in [7, 11) is 0. The summed E-state index contributed by atoms with van der Waals surface area (Å²) < 4.78 is 0. The summed E-state index contributed by atoms with van der Waals surface area (Å²) in [6.45, 7) is 0.566. The Morgan fingerprint density at radius 2 is 1.77 bits per heavy atom. The topological polar surface area (TPSA) is 61.8 Å². The van der Waals surface area contributed by atoms with Gasteiger partial charge in [0.2, 0.25) is 5.91 Å². The van der Waals surface area contributed by atoms with Gasteiger partial charge in [-0.05, 0) is 29.3 Å². The van der Waals surface area contributed by atoms with E-state index in [4.69, 9.17) is 11.6 Å². The van der Waals surface area contributed by atoms with Crippen molar-refractivity contribution in [2.75, 3.05) is 5.75 Å². The molecule has 7 heteroatoms. The zero-order valence-electron chi connectivity index (χ0n) is 16.6. The van der Waals surface area contributed by atoms with Crippen LogP contribution in [0.1, 0.15) is 32.4 Å². The van der Waals surface area contributed by atoms with Crippen LogP contribution in [-0.4, -0.2) is 28.7 Å². The summed E-state index contributed by atoms with van der Waals surface area (Å²) in [4.78, 5) is 26.7. The van der Waals surface area contributed by atoms with Gasteiger partial charge in [0, 0.05) is 22.7 Å². The maximum absolute atomic E-state index is 12.4. The highest BCUT2D eigenvalue weighted by Crippen LogP contribution is 2.39. The summed E-state index contributed by atoms with van der Waals surface area (Å²) in [5.41, 5.74) is 5.81. The molecule has 0 unspecified atom stereocenters. The third-order valence-corrected chi connectivity index (χ3v) is 6.50. The van der Waals surface area contributed by atoms with Crippen molar-refractivity contribution in [1.82, 2.24) is 10.3 Å². The van der Waals surface area contributed by atoms with Gasteiger partial charge in [0.15, 0.2) is 0 Å². The Morgan fingerprint density at radius 1 is 1.06 bits per heavy atom. The SMILES string of the molecule is O=C(N/N=C\c1ccccc1Cl)c1ccc([C@@H]2SCC(=O)N2Cc2ccccc2)cc1. The van der Waals surface area contributed by atoms with E-state index in [9.17, 15) is 9.59 Å². The Bertz CT molecular complexity index is 1100. The number of thioether (sulfide) groups is 1. The molecule has 4 rings (SSSR count). The predicted molar refractivity (Wildman–Crippen MR) is 125 cm³/mol. The lowest BCUT2D eigenvalue weighted by atomic mass is 10.1. The van der Waals surface area contributed by atoms with E-state index in [1.54, 1.807) is 30.0 Å². The van der Waals surface area contributed by atoms with Crippen LogP contribution in [0.4, 0.5) is 0 Å². The van der Waals surface area contributed by atoms with E-state index < -0.39 is 0 Å². The molecule has 1 N–H and O–H groups in total. The number of hydrogen-bond acceptors (Lipinski definition) is 4. The number of rotatable bonds is 6. The molecule has 0 spiro atoms. The first-order valence-electron chi connectivity index (χ1n) is 9.75. The molecule has 156 valence electrons. The van der Waals surface area contributed by atoms with Gasteiger partial charge in [-0.25, -0.2) is 5.43 Å². The maximum Gasteiger partial charge on any atom is 0.271 e. The van der Waals surface area contributed by atoms with E-state index in [1.165, 1.54) is 6.21 Å². The summed E-state index contributed by atoms with van der Waals surface area (Å²) in [5, 5.41) is 4.48. The maximum atomic E-state index is 12.4. The number of amides is 2. The molecule has 1 saturated heterocycles. The molecule has 5 nitrogen and oxygen atoms in total. The molecule has 0 aliphatic carbocycles. The van der Waals surface area contributed by atoms with Gasteiger partial charge in [-0.15, -0.1) is 11.8 Å². The molecule has 3 aromatic carbocycles. The van der Waals surface area contributed by atoms with E-state index in [-0.39, 0.29) is 17.2 Å². The third-order valence-electron chi connectivity index (χ3n) is 4.90. The van der Waals surface area contributed by atoms with Crippen molar-refractivity contribution >= 4 is 41.4 Å². The van der Waals surface area contributed by atoms with Gasteiger partial charge in [0.05, 0.1) is 12.0 Å². The summed E-state index contributed by atoms with van der Waals surface area (Å²) in [5.74, 6) is 0.261. The lowest BCUT2D eigenvalue weighted by molar-refractivity contribution is -0.128. The zero-order valence-corrected chi connectivity index (χ0v) is 18.1. The smallest absolute Gasteiger partial charge is 0.271 e. The largest absolute Gasteiger partial charge is 0.322 e. The molecule has 1 heterocycles. The molecule has 3 aromatic rings. The molecule has 0 aromatic heterocycles. The van der Waals surface area contributed by atoms with Crippen LogP contribution in [0.5, 0.6) is 0 Å². The van der Waals surface area contributed by atoms with Crippen molar-refractivity contribution in [1.29, 1.82) is 0 Å². The Morgan fingerprint density at radius 3 is 2.52 bits per heavy atom. The molecule has 31 heavy (non-hydrogen) atoms. The van der Waals surface area contributed by atoms with Gasteiger partial charge >= 0.3 is 0 Å². The predicted octanol–water partition coefficient (Wildman–Crippen LogP) is 4.88. The van der Waals surface area contributed by atoms with E-state index in [1.807, 2.05) is 65.6 Å². The third kappa shape index (κ3) is 5.16. The minimum absolute atomic E-state index is 0.0666. The second kappa shape index (κ2) is 9.81. The van der Waals surface area contributed by atoms with Crippen LogP contribution in [-0.2, 0) is 11.3 Å². The number of hydrogen-bond donors (Lipinski definition) is 1. The van der Waals surface area contributed by atoms with E-state index in [0.717, 1.165) is 16.7 Å². The Balaban J connectivity index is 1.41. The number of carbonyl (C=O) groups is 2. The quantitative estimate of drug-likeness (QED) is 0.431. The summed E-state index contributed by atoms with van der Waals surface area (Å²) in [6, 6.07) is 24.5. The average Bonchev–Trinajstić information content (AvgIpc) is 3.16.